The zero-order chi connectivity index (χ0) is 17.5. The number of nitrogens with zero attached hydrogens (tertiary/aromatic N) is 3. The molecular formula is C17H25N5OS. The molecule has 2 aromatic rings. The van der Waals surface area contributed by atoms with Crippen molar-refractivity contribution >= 4 is 23.4 Å². The molecule has 1 amide bonds. The van der Waals surface area contributed by atoms with Crippen LogP contribution in [0, 0.1) is 5.92 Å². The molecule has 0 radical (unpaired) electrons. The van der Waals surface area contributed by atoms with Gasteiger partial charge in [0.15, 0.2) is 5.16 Å². The van der Waals surface area contributed by atoms with Gasteiger partial charge in [-0.05, 0) is 36.8 Å². The number of aromatic nitrogens is 3. The minimum atomic E-state index is -0.101. The lowest BCUT2D eigenvalue weighted by Crippen LogP contribution is -2.25. The molecule has 3 N–H and O–H groups in total. The number of carbonyl (C=O) groups excluding carboxylic acids is 1. The highest BCUT2D eigenvalue weighted by Gasteiger charge is 2.12. The number of amides is 1. The van der Waals surface area contributed by atoms with E-state index in [9.17, 15) is 4.79 Å². The lowest BCUT2D eigenvalue weighted by molar-refractivity contribution is 0.0953. The van der Waals surface area contributed by atoms with Crippen molar-refractivity contribution in [1.29, 1.82) is 0 Å². The van der Waals surface area contributed by atoms with Crippen LogP contribution < -0.4 is 11.1 Å². The van der Waals surface area contributed by atoms with Gasteiger partial charge in [0.1, 0.15) is 5.82 Å². The zero-order valence-corrected chi connectivity index (χ0v) is 15.3. The number of anilines is 1. The van der Waals surface area contributed by atoms with Crippen LogP contribution in [-0.4, -0.2) is 33.5 Å². The van der Waals surface area contributed by atoms with E-state index >= 15 is 0 Å². The van der Waals surface area contributed by atoms with Crippen molar-refractivity contribution in [2.45, 2.75) is 38.4 Å². The van der Waals surface area contributed by atoms with Crippen LogP contribution >= 0.6 is 11.8 Å². The number of nitrogens with two attached hydrogens (primary N) is 1. The van der Waals surface area contributed by atoms with Crippen molar-refractivity contribution in [2.24, 2.45) is 5.92 Å². The van der Waals surface area contributed by atoms with Crippen LogP contribution in [0.25, 0.3) is 0 Å². The van der Waals surface area contributed by atoms with Crippen LogP contribution in [0.5, 0.6) is 0 Å². The molecule has 1 aromatic carbocycles. The van der Waals surface area contributed by atoms with Crippen LogP contribution in [0.3, 0.4) is 0 Å². The number of carbonyl (C=O) groups is 1. The minimum Gasteiger partial charge on any atom is -0.399 e. The van der Waals surface area contributed by atoms with Gasteiger partial charge in [-0.25, -0.2) is 0 Å². The van der Waals surface area contributed by atoms with Crippen LogP contribution in [-0.2, 0) is 13.0 Å². The Kier molecular flexibility index (Phi) is 6.66. The van der Waals surface area contributed by atoms with Crippen molar-refractivity contribution in [3.63, 3.8) is 0 Å². The Bertz CT molecular complexity index is 683. The number of thioether (sulfide) groups is 1. The van der Waals surface area contributed by atoms with Crippen LogP contribution in [0.1, 0.15) is 36.5 Å². The lowest BCUT2D eigenvalue weighted by atomic mass is 10.2. The highest BCUT2D eigenvalue weighted by Crippen LogP contribution is 2.16. The van der Waals surface area contributed by atoms with Crippen molar-refractivity contribution in [2.75, 3.05) is 18.5 Å². The first-order valence-corrected chi connectivity index (χ1v) is 9.33. The van der Waals surface area contributed by atoms with Crippen molar-refractivity contribution in [3.05, 3.63) is 35.7 Å². The number of benzene rings is 1. The summed E-state index contributed by atoms with van der Waals surface area (Å²) in [6, 6.07) is 6.99. The van der Waals surface area contributed by atoms with Gasteiger partial charge in [0.2, 0.25) is 0 Å². The predicted molar refractivity (Wildman–Crippen MR) is 98.1 cm³/mol. The molecule has 1 heterocycles. The predicted octanol–water partition coefficient (Wildman–Crippen LogP) is 2.60. The Balaban J connectivity index is 1.86. The van der Waals surface area contributed by atoms with E-state index in [-0.39, 0.29) is 5.91 Å². The molecule has 0 spiro atoms. The molecule has 0 aliphatic heterocycles. The third kappa shape index (κ3) is 4.99. The largest absolute Gasteiger partial charge is 0.399 e. The Labute approximate surface area is 147 Å². The standard InChI is InChI=1S/C17H25N5OS/c1-12(2)11-22-15(20-21-17(22)24-3)8-5-9-19-16(23)13-6-4-7-14(18)10-13/h4,6-7,10,12H,5,8-9,11,18H2,1-3H3,(H,19,23). The summed E-state index contributed by atoms with van der Waals surface area (Å²) < 4.78 is 2.18. The first-order chi connectivity index (χ1) is 11.5. The Morgan fingerprint density at radius 1 is 1.38 bits per heavy atom. The maximum atomic E-state index is 12.1. The topological polar surface area (TPSA) is 85.8 Å². The molecule has 6 nitrogen and oxygen atoms in total. The average molecular weight is 347 g/mol. The monoisotopic (exact) mass is 347 g/mol. The summed E-state index contributed by atoms with van der Waals surface area (Å²) in [5.41, 5.74) is 6.88. The average Bonchev–Trinajstić information content (AvgIpc) is 2.92. The van der Waals surface area contributed by atoms with E-state index in [4.69, 9.17) is 5.73 Å². The molecule has 0 bridgehead atoms. The molecule has 1 aromatic heterocycles. The summed E-state index contributed by atoms with van der Waals surface area (Å²) in [6.07, 6.45) is 3.62. The second-order valence-electron chi connectivity index (χ2n) is 6.09. The van der Waals surface area contributed by atoms with E-state index < -0.39 is 0 Å². The first-order valence-electron chi connectivity index (χ1n) is 8.11. The van der Waals surface area contributed by atoms with Crippen molar-refractivity contribution in [1.82, 2.24) is 20.1 Å². The number of nitrogen functional groups attached to an aromatic ring is 1. The highest BCUT2D eigenvalue weighted by molar-refractivity contribution is 7.98. The van der Waals surface area contributed by atoms with E-state index in [1.54, 1.807) is 36.0 Å². The number of hydrogen-bond acceptors (Lipinski definition) is 5. The van der Waals surface area contributed by atoms with E-state index in [0.29, 0.717) is 23.7 Å². The molecule has 24 heavy (non-hydrogen) atoms. The maximum absolute atomic E-state index is 12.1. The van der Waals surface area contributed by atoms with E-state index in [1.807, 2.05) is 6.26 Å². The summed E-state index contributed by atoms with van der Waals surface area (Å²) in [4.78, 5) is 12.1. The third-order valence-corrected chi connectivity index (χ3v) is 4.20. The van der Waals surface area contributed by atoms with Crippen LogP contribution in [0.4, 0.5) is 5.69 Å². The first kappa shape index (κ1) is 18.3. The molecule has 2 rings (SSSR count). The summed E-state index contributed by atoms with van der Waals surface area (Å²) >= 11 is 1.61. The number of rotatable bonds is 8. The fourth-order valence-electron chi connectivity index (χ4n) is 2.43. The minimum absolute atomic E-state index is 0.101. The Morgan fingerprint density at radius 3 is 2.83 bits per heavy atom. The molecule has 0 saturated heterocycles. The maximum Gasteiger partial charge on any atom is 0.251 e. The highest BCUT2D eigenvalue weighted by atomic mass is 32.2. The normalized spacial score (nSPS) is 11.0. The molecule has 0 saturated carbocycles. The molecule has 7 heteroatoms. The van der Waals surface area contributed by atoms with Crippen LogP contribution in [0.15, 0.2) is 29.4 Å². The van der Waals surface area contributed by atoms with E-state index in [2.05, 4.69) is 33.9 Å². The van der Waals surface area contributed by atoms with Gasteiger partial charge in [0.25, 0.3) is 5.91 Å². The van der Waals surface area contributed by atoms with Gasteiger partial charge in [-0.1, -0.05) is 31.7 Å². The van der Waals surface area contributed by atoms with Gasteiger partial charge in [-0.3, -0.25) is 4.79 Å². The van der Waals surface area contributed by atoms with E-state index in [1.165, 1.54) is 0 Å². The Morgan fingerprint density at radius 2 is 2.17 bits per heavy atom. The SMILES string of the molecule is CSc1nnc(CCCNC(=O)c2cccc(N)c2)n1CC(C)C. The summed E-state index contributed by atoms with van der Waals surface area (Å²) in [6.45, 7) is 5.87. The zero-order valence-electron chi connectivity index (χ0n) is 14.5. The van der Waals surface area contributed by atoms with Gasteiger partial charge in [-0.2, -0.15) is 0 Å². The van der Waals surface area contributed by atoms with Crippen LogP contribution in [0.2, 0.25) is 0 Å². The molecule has 0 atom stereocenters. The van der Waals surface area contributed by atoms with Crippen molar-refractivity contribution < 1.29 is 4.79 Å². The number of aryl methyl sites for hydroxylation is 1. The quantitative estimate of drug-likeness (QED) is 0.435. The van der Waals surface area contributed by atoms with Gasteiger partial charge in [-0.15, -0.1) is 10.2 Å². The van der Waals surface area contributed by atoms with E-state index in [0.717, 1.165) is 30.4 Å². The van der Waals surface area contributed by atoms with Gasteiger partial charge < -0.3 is 15.6 Å². The van der Waals surface area contributed by atoms with Gasteiger partial charge in [0.05, 0.1) is 0 Å². The van der Waals surface area contributed by atoms with Gasteiger partial charge in [0, 0.05) is 30.8 Å². The fourth-order valence-corrected chi connectivity index (χ4v) is 2.96. The second kappa shape index (κ2) is 8.73. The van der Waals surface area contributed by atoms with Gasteiger partial charge >= 0.3 is 0 Å². The number of hydrogen-bond donors (Lipinski definition) is 2. The molecular weight excluding hydrogens is 322 g/mol. The molecule has 0 fully saturated rings. The molecule has 130 valence electrons. The smallest absolute Gasteiger partial charge is 0.251 e. The fraction of sp³-hybridized carbons (Fsp3) is 0.471. The molecule has 0 unspecified atom stereocenters. The number of nitrogens with one attached hydrogen (secondary N) is 1. The second-order valence-corrected chi connectivity index (χ2v) is 6.87. The summed E-state index contributed by atoms with van der Waals surface area (Å²) in [7, 11) is 0. The summed E-state index contributed by atoms with van der Waals surface area (Å²) in [5, 5.41) is 12.4. The third-order valence-electron chi connectivity index (χ3n) is 3.54. The molecule has 0 aliphatic rings. The summed E-state index contributed by atoms with van der Waals surface area (Å²) in [5.74, 6) is 1.41. The Hall–Kier alpha value is -2.02. The lowest BCUT2D eigenvalue weighted by Gasteiger charge is -2.11. The van der Waals surface area contributed by atoms with Crippen molar-refractivity contribution in [3.8, 4) is 0 Å². The molecule has 0 aliphatic carbocycles.